The number of Topliss-reactive ketones (excluding diaryl/α,β-unsaturated/α-hetero) is 1. The van der Waals surface area contributed by atoms with E-state index in [1.807, 2.05) is 0 Å². The number of nitrogens with one attached hydrogen (secondary N) is 1. The van der Waals surface area contributed by atoms with Gasteiger partial charge in [0.2, 0.25) is 6.10 Å². The largest absolute Gasteiger partial charge is 0.462 e. The van der Waals surface area contributed by atoms with Gasteiger partial charge in [-0.15, -0.1) is 0 Å². The van der Waals surface area contributed by atoms with E-state index in [0.717, 1.165) is 6.92 Å². The number of amides is 1. The van der Waals surface area contributed by atoms with Gasteiger partial charge in [-0.2, -0.15) is 0 Å². The highest BCUT2D eigenvalue weighted by Gasteiger charge is 2.78. The third-order valence-electron chi connectivity index (χ3n) is 13.8. The molecule has 2 saturated carbocycles. The third-order valence-corrected chi connectivity index (χ3v) is 13.8. The number of hydrogen-bond acceptors (Lipinski definition) is 19. The van der Waals surface area contributed by atoms with Gasteiger partial charge in [0.1, 0.15) is 61.5 Å². The number of aliphatic hydroxyl groups is 3. The Bertz CT molecular complexity index is 2330. The standard InChI is InChI=1S/C50H63NO19/c1-27-31(66-44(59)39(67-35(55)25-63-24-34(54)64-21-20-62-9)37(29-16-12-10-13-17-29)51-45(60)70-46(3,4)5)23-50(61)42(68-43(58)30-18-14-11-15-19-30)40-48(8,41(57)38(56)36(27)47(50,6)7)32(53)22-33-49(40,26-65-33)69-28(2)52/h10-19,31-33,37-40,42,53,56,61H,20-26H2,1-9H3,(H,51,60)/t31-,32-,33+,37-,38+,39+,40?,42-,48+,49-,50+/m0/s1. The first-order valence-electron chi connectivity index (χ1n) is 22.9. The summed E-state index contributed by atoms with van der Waals surface area (Å²) in [5.74, 6) is -7.70. The SMILES string of the molecule is COCCOC(=O)COCC(=O)O[C@@H](C(=O)O[C@H]1C[C@@]2(O)[C@@H](OC(=O)c3ccccc3)C3[C@](C)(C(=O)[C@H](O)C(=C1C)C2(C)C)[C@@H](O)C[C@H]1OC[C@@]31OC(C)=O)[C@@H](NC(=O)OC(C)(C)C)c1ccccc1. The normalized spacial score (nSPS) is 29.7. The zero-order valence-corrected chi connectivity index (χ0v) is 40.7. The Morgan fingerprint density at radius 2 is 1.53 bits per heavy atom. The van der Waals surface area contributed by atoms with Gasteiger partial charge in [0, 0.05) is 32.3 Å². The minimum Gasteiger partial charge on any atom is -0.462 e. The highest BCUT2D eigenvalue weighted by molar-refractivity contribution is 5.94. The molecule has 3 aliphatic carbocycles. The summed E-state index contributed by atoms with van der Waals surface area (Å²) in [7, 11) is 1.41. The van der Waals surface area contributed by atoms with Crippen LogP contribution in [0.25, 0.3) is 0 Å². The van der Waals surface area contributed by atoms with E-state index in [1.54, 1.807) is 57.2 Å². The smallest absolute Gasteiger partial charge is 0.408 e. The molecule has 2 aromatic carbocycles. The summed E-state index contributed by atoms with van der Waals surface area (Å²) in [5.41, 5.74) is -8.95. The van der Waals surface area contributed by atoms with Gasteiger partial charge in [0.25, 0.3) is 0 Å². The average Bonchev–Trinajstić information content (AvgIpc) is 3.28. The van der Waals surface area contributed by atoms with E-state index in [-0.39, 0.29) is 48.5 Å². The molecule has 1 unspecified atom stereocenters. The van der Waals surface area contributed by atoms with Gasteiger partial charge < -0.3 is 63.3 Å². The van der Waals surface area contributed by atoms with Gasteiger partial charge in [-0.25, -0.2) is 24.0 Å². The quantitative estimate of drug-likeness (QED) is 0.0814. The zero-order chi connectivity index (χ0) is 51.6. The molecule has 4 aliphatic rings. The number of methoxy groups -OCH3 is 1. The minimum absolute atomic E-state index is 0.0325. The van der Waals surface area contributed by atoms with Crippen molar-refractivity contribution in [3.8, 4) is 0 Å². The molecule has 20 nitrogen and oxygen atoms in total. The van der Waals surface area contributed by atoms with E-state index in [2.05, 4.69) is 5.32 Å². The Morgan fingerprint density at radius 1 is 0.900 bits per heavy atom. The molecule has 0 spiro atoms. The molecular weight excluding hydrogens is 919 g/mol. The lowest BCUT2D eigenvalue weighted by molar-refractivity contribution is -0.346. The van der Waals surface area contributed by atoms with Crippen LogP contribution in [0, 0.1) is 16.7 Å². The molecule has 6 rings (SSSR count). The number of fused-ring (bicyclic) bond motifs is 5. The lowest BCUT2D eigenvalue weighted by atomic mass is 9.44. The summed E-state index contributed by atoms with van der Waals surface area (Å²) in [5, 5.41) is 40.7. The highest BCUT2D eigenvalue weighted by atomic mass is 16.6. The van der Waals surface area contributed by atoms with Gasteiger partial charge in [0.15, 0.2) is 11.4 Å². The fourth-order valence-corrected chi connectivity index (χ4v) is 10.3. The number of carbonyl (C=O) groups excluding carboxylic acids is 7. The van der Waals surface area contributed by atoms with Crippen molar-refractivity contribution in [3.05, 3.63) is 82.9 Å². The molecule has 11 atom stereocenters. The molecule has 1 aliphatic heterocycles. The fourth-order valence-electron chi connectivity index (χ4n) is 10.3. The molecule has 0 radical (unpaired) electrons. The molecule has 4 N–H and O–H groups in total. The van der Waals surface area contributed by atoms with Gasteiger partial charge >= 0.3 is 35.9 Å². The lowest BCUT2D eigenvalue weighted by Crippen LogP contribution is -2.81. The summed E-state index contributed by atoms with van der Waals surface area (Å²) < 4.78 is 50.8. The van der Waals surface area contributed by atoms with Crippen LogP contribution in [0.2, 0.25) is 0 Å². The van der Waals surface area contributed by atoms with E-state index in [0.29, 0.717) is 0 Å². The number of alkyl carbamates (subject to hydrolysis) is 1. The maximum atomic E-state index is 15.2. The van der Waals surface area contributed by atoms with Gasteiger partial charge in [0.05, 0.1) is 36.2 Å². The Labute approximate surface area is 405 Å². The van der Waals surface area contributed by atoms with Crippen molar-refractivity contribution in [2.24, 2.45) is 16.7 Å². The van der Waals surface area contributed by atoms with E-state index in [4.69, 9.17) is 42.6 Å². The first-order valence-corrected chi connectivity index (χ1v) is 22.9. The van der Waals surface area contributed by atoms with Crippen molar-refractivity contribution in [1.82, 2.24) is 5.32 Å². The third kappa shape index (κ3) is 10.5. The topological polar surface area (TPSA) is 275 Å². The second kappa shape index (κ2) is 20.9. The second-order valence-electron chi connectivity index (χ2n) is 19.7. The van der Waals surface area contributed by atoms with Crippen molar-refractivity contribution in [2.75, 3.05) is 40.1 Å². The van der Waals surface area contributed by atoms with Crippen molar-refractivity contribution in [2.45, 2.75) is 128 Å². The van der Waals surface area contributed by atoms with Crippen LogP contribution in [0.15, 0.2) is 71.8 Å². The number of esters is 5. The van der Waals surface area contributed by atoms with E-state index in [9.17, 15) is 44.1 Å². The molecule has 1 heterocycles. The van der Waals surface area contributed by atoms with Crippen molar-refractivity contribution < 1.29 is 91.5 Å². The summed E-state index contributed by atoms with van der Waals surface area (Å²) in [6.45, 7) is 9.88. The van der Waals surface area contributed by atoms with Crippen LogP contribution < -0.4 is 5.32 Å². The number of carbonyl (C=O) groups is 7. The van der Waals surface area contributed by atoms with Crippen LogP contribution in [0.1, 0.15) is 90.2 Å². The van der Waals surface area contributed by atoms with E-state index in [1.165, 1.54) is 59.1 Å². The summed E-state index contributed by atoms with van der Waals surface area (Å²) in [6.07, 6.45) is -12.2. The van der Waals surface area contributed by atoms with Crippen LogP contribution in [0.4, 0.5) is 4.79 Å². The average molecular weight is 982 g/mol. The molecule has 382 valence electrons. The second-order valence-corrected chi connectivity index (χ2v) is 19.7. The number of rotatable bonds is 16. The van der Waals surface area contributed by atoms with Gasteiger partial charge in [-0.3, -0.25) is 9.59 Å². The molecule has 70 heavy (non-hydrogen) atoms. The summed E-state index contributed by atoms with van der Waals surface area (Å²) in [4.78, 5) is 96.8. The van der Waals surface area contributed by atoms with Gasteiger partial charge in [-0.05, 0) is 63.5 Å². The molecule has 0 aromatic heterocycles. The number of benzene rings is 2. The molecule has 2 aromatic rings. The van der Waals surface area contributed by atoms with Crippen molar-refractivity contribution >= 4 is 41.7 Å². The molecule has 1 saturated heterocycles. The molecule has 3 fully saturated rings. The Balaban J connectivity index is 1.47. The van der Waals surface area contributed by atoms with E-state index >= 15 is 4.79 Å². The Kier molecular flexibility index (Phi) is 16.0. The van der Waals surface area contributed by atoms with Crippen molar-refractivity contribution in [1.29, 1.82) is 0 Å². The highest BCUT2D eigenvalue weighted by Crippen LogP contribution is 2.64. The molecule has 20 heteroatoms. The predicted molar refractivity (Wildman–Crippen MR) is 241 cm³/mol. The van der Waals surface area contributed by atoms with Crippen LogP contribution >= 0.6 is 0 Å². The minimum atomic E-state index is -2.47. The number of aliphatic hydroxyl groups excluding tert-OH is 2. The number of ether oxygens (including phenoxy) is 9. The fraction of sp³-hybridized carbons (Fsp3) is 0.580. The molecule has 2 bridgehead atoms. The number of hydrogen-bond donors (Lipinski definition) is 4. The maximum absolute atomic E-state index is 15.2. The predicted octanol–water partition coefficient (Wildman–Crippen LogP) is 3.02. The summed E-state index contributed by atoms with van der Waals surface area (Å²) in [6, 6.07) is 14.1. The maximum Gasteiger partial charge on any atom is 0.408 e. The Hall–Kier alpha value is -5.77. The monoisotopic (exact) mass is 981 g/mol. The number of ketones is 1. The van der Waals surface area contributed by atoms with Crippen molar-refractivity contribution in [3.63, 3.8) is 0 Å². The van der Waals surface area contributed by atoms with Crippen LogP contribution in [-0.4, -0.2) is 151 Å². The van der Waals surface area contributed by atoms with Crippen LogP contribution in [0.5, 0.6) is 0 Å². The van der Waals surface area contributed by atoms with Crippen LogP contribution in [-0.2, 0) is 66.6 Å². The van der Waals surface area contributed by atoms with Gasteiger partial charge in [-0.1, -0.05) is 62.4 Å². The summed E-state index contributed by atoms with van der Waals surface area (Å²) >= 11 is 0. The molecular formula is C50H63NO19. The Morgan fingerprint density at radius 3 is 2.11 bits per heavy atom. The zero-order valence-electron chi connectivity index (χ0n) is 40.7. The lowest BCUT2D eigenvalue weighted by Gasteiger charge is -2.67. The first kappa shape index (κ1) is 53.6. The first-order chi connectivity index (χ1) is 32.8. The molecule has 1 amide bonds. The van der Waals surface area contributed by atoms with E-state index < -0.39 is 138 Å². The van der Waals surface area contributed by atoms with Crippen LogP contribution in [0.3, 0.4) is 0 Å².